The highest BCUT2D eigenvalue weighted by Crippen LogP contribution is 2.48. The molecule has 1 N–H and O–H groups in total. The van der Waals surface area contributed by atoms with Gasteiger partial charge in [-0.25, -0.2) is 25.9 Å². The van der Waals surface area contributed by atoms with Crippen molar-refractivity contribution in [2.75, 3.05) is 17.7 Å². The van der Waals surface area contributed by atoms with Crippen LogP contribution in [-0.2, 0) is 19.9 Å². The molecule has 1 heterocycles. The van der Waals surface area contributed by atoms with E-state index in [-0.39, 0.29) is 32.0 Å². The molecule has 0 spiro atoms. The average molecular weight is 564 g/mol. The van der Waals surface area contributed by atoms with Crippen LogP contribution in [0, 0.1) is 12.7 Å². The summed E-state index contributed by atoms with van der Waals surface area (Å²) in [6.45, 7) is 1.87. The van der Waals surface area contributed by atoms with Crippen molar-refractivity contribution >= 4 is 54.7 Å². The van der Waals surface area contributed by atoms with E-state index in [4.69, 9.17) is 23.2 Å². The van der Waals surface area contributed by atoms with Gasteiger partial charge in [-0.15, -0.1) is 0 Å². The third kappa shape index (κ3) is 5.45. The molecule has 1 saturated carbocycles. The van der Waals surface area contributed by atoms with Crippen molar-refractivity contribution in [1.29, 1.82) is 0 Å². The molecule has 35 heavy (non-hydrogen) atoms. The Balaban J connectivity index is 1.84. The van der Waals surface area contributed by atoms with Crippen LogP contribution in [0.15, 0.2) is 29.2 Å². The number of nitrogens with one attached hydrogen (secondary N) is 1. The summed E-state index contributed by atoms with van der Waals surface area (Å²) >= 11 is 12.1. The van der Waals surface area contributed by atoms with E-state index in [9.17, 15) is 21.6 Å². The topological polar surface area (TPSA) is 101 Å². The standard InChI is InChI=1S/C23H25Cl2FN2O5S2/c1-13-21(26)19(23(29)27-34(2,30)31)12-18(14-6-7-14)22(13)28-8-4-3-5-20(28)35(32,33)17-10-15(24)9-16(25)11-17/h9-12,14,20H,3-8H2,1-2H3,(H,27,29). The normalized spacial score (nSPS) is 19.0. The van der Waals surface area contributed by atoms with Gasteiger partial charge in [0.15, 0.2) is 9.84 Å². The predicted octanol–water partition coefficient (Wildman–Crippen LogP) is 4.80. The monoisotopic (exact) mass is 562 g/mol. The summed E-state index contributed by atoms with van der Waals surface area (Å²) in [5, 5.41) is -0.585. The van der Waals surface area contributed by atoms with Gasteiger partial charge in [0.1, 0.15) is 11.2 Å². The molecule has 2 aromatic rings. The summed E-state index contributed by atoms with van der Waals surface area (Å²) < 4.78 is 67.8. The first-order chi connectivity index (χ1) is 16.3. The van der Waals surface area contributed by atoms with E-state index in [1.54, 1.807) is 4.90 Å². The van der Waals surface area contributed by atoms with Crippen LogP contribution in [0.25, 0.3) is 0 Å². The summed E-state index contributed by atoms with van der Waals surface area (Å²) in [6, 6.07) is 5.52. The summed E-state index contributed by atoms with van der Waals surface area (Å²) in [6.07, 6.45) is 4.14. The van der Waals surface area contributed by atoms with E-state index in [2.05, 4.69) is 0 Å². The number of sulfonamides is 1. The largest absolute Gasteiger partial charge is 0.354 e. The van der Waals surface area contributed by atoms with Gasteiger partial charge in [-0.3, -0.25) is 4.79 Å². The minimum absolute atomic E-state index is 0.0119. The molecule has 4 rings (SSSR count). The highest BCUT2D eigenvalue weighted by atomic mass is 35.5. The van der Waals surface area contributed by atoms with Gasteiger partial charge in [0.05, 0.1) is 16.7 Å². The molecule has 190 valence electrons. The second-order valence-electron chi connectivity index (χ2n) is 9.07. The van der Waals surface area contributed by atoms with Gasteiger partial charge in [0.25, 0.3) is 5.91 Å². The van der Waals surface area contributed by atoms with Crippen molar-refractivity contribution in [3.05, 3.63) is 56.8 Å². The number of anilines is 1. The molecular weight excluding hydrogens is 538 g/mol. The molecule has 2 fully saturated rings. The van der Waals surface area contributed by atoms with Crippen molar-refractivity contribution in [3.63, 3.8) is 0 Å². The summed E-state index contributed by atoms with van der Waals surface area (Å²) in [5.74, 6) is -1.91. The van der Waals surface area contributed by atoms with Crippen LogP contribution in [0.2, 0.25) is 10.0 Å². The number of benzene rings is 2. The number of rotatable bonds is 6. The SMILES string of the molecule is Cc1c(F)c(C(=O)NS(C)(=O)=O)cc(C2CC2)c1N1CCCCC1S(=O)(=O)c1cc(Cl)cc(Cl)c1. The number of carbonyl (C=O) groups is 1. The fraction of sp³-hybridized carbons (Fsp3) is 0.435. The fourth-order valence-electron chi connectivity index (χ4n) is 4.61. The Hall–Kier alpha value is -1.88. The van der Waals surface area contributed by atoms with Crippen molar-refractivity contribution < 1.29 is 26.0 Å². The Morgan fingerprint density at radius 3 is 2.23 bits per heavy atom. The molecule has 0 bridgehead atoms. The number of hydrogen-bond acceptors (Lipinski definition) is 6. The lowest BCUT2D eigenvalue weighted by Crippen LogP contribution is -2.45. The van der Waals surface area contributed by atoms with Gasteiger partial charge in [-0.1, -0.05) is 23.2 Å². The zero-order valence-electron chi connectivity index (χ0n) is 19.1. The molecule has 1 atom stereocenters. The van der Waals surface area contributed by atoms with Gasteiger partial charge >= 0.3 is 0 Å². The lowest BCUT2D eigenvalue weighted by atomic mass is 9.96. The zero-order valence-corrected chi connectivity index (χ0v) is 22.3. The first-order valence-electron chi connectivity index (χ1n) is 11.1. The maximum atomic E-state index is 15.5. The number of sulfone groups is 1. The summed E-state index contributed by atoms with van der Waals surface area (Å²) in [5.41, 5.74) is 0.826. The Morgan fingerprint density at radius 1 is 1.03 bits per heavy atom. The molecule has 1 aliphatic carbocycles. The molecule has 2 aliphatic rings. The molecule has 1 aliphatic heterocycles. The molecule has 1 unspecified atom stereocenters. The van der Waals surface area contributed by atoms with Gasteiger partial charge in [-0.2, -0.15) is 0 Å². The van der Waals surface area contributed by atoms with E-state index in [0.29, 0.717) is 37.1 Å². The van der Waals surface area contributed by atoms with Crippen molar-refractivity contribution in [1.82, 2.24) is 4.72 Å². The van der Waals surface area contributed by atoms with Crippen LogP contribution in [0.4, 0.5) is 10.1 Å². The van der Waals surface area contributed by atoms with E-state index >= 15 is 4.39 Å². The minimum Gasteiger partial charge on any atom is -0.354 e. The molecule has 0 radical (unpaired) electrons. The minimum atomic E-state index is -3.93. The highest BCUT2D eigenvalue weighted by Gasteiger charge is 2.40. The first-order valence-corrected chi connectivity index (χ1v) is 15.3. The Morgan fingerprint density at radius 2 is 1.66 bits per heavy atom. The molecule has 1 saturated heterocycles. The fourth-order valence-corrected chi connectivity index (χ4v) is 7.64. The van der Waals surface area contributed by atoms with Crippen LogP contribution in [0.3, 0.4) is 0 Å². The van der Waals surface area contributed by atoms with E-state index in [1.165, 1.54) is 31.2 Å². The number of carbonyl (C=O) groups excluding carboxylic acids is 1. The Kier molecular flexibility index (Phi) is 7.13. The van der Waals surface area contributed by atoms with Crippen LogP contribution >= 0.6 is 23.2 Å². The average Bonchev–Trinajstić information content (AvgIpc) is 3.59. The van der Waals surface area contributed by atoms with Gasteiger partial charge < -0.3 is 4.90 Å². The molecule has 0 aromatic heterocycles. The molecule has 12 heteroatoms. The third-order valence-electron chi connectivity index (χ3n) is 6.29. The van der Waals surface area contributed by atoms with Crippen LogP contribution in [0.5, 0.6) is 0 Å². The number of halogens is 3. The first kappa shape index (κ1) is 26.2. The number of hydrogen-bond donors (Lipinski definition) is 1. The maximum absolute atomic E-state index is 15.5. The smallest absolute Gasteiger partial charge is 0.267 e. The van der Waals surface area contributed by atoms with Crippen molar-refractivity contribution in [2.24, 2.45) is 0 Å². The van der Waals surface area contributed by atoms with Gasteiger partial charge in [0.2, 0.25) is 10.0 Å². The van der Waals surface area contributed by atoms with E-state index < -0.39 is 37.0 Å². The molecule has 1 amide bonds. The number of amides is 1. The maximum Gasteiger partial charge on any atom is 0.267 e. The van der Waals surface area contributed by atoms with E-state index in [1.807, 2.05) is 4.72 Å². The van der Waals surface area contributed by atoms with Crippen LogP contribution in [-0.4, -0.2) is 40.9 Å². The quantitative estimate of drug-likeness (QED) is 0.542. The van der Waals surface area contributed by atoms with Crippen LogP contribution in [0.1, 0.15) is 59.5 Å². The number of nitrogens with zero attached hydrogens (tertiary/aromatic N) is 1. The summed E-state index contributed by atoms with van der Waals surface area (Å²) in [7, 11) is -7.82. The molecular formula is C23H25Cl2FN2O5S2. The third-order valence-corrected chi connectivity index (χ3v) is 9.38. The molecule has 7 nitrogen and oxygen atoms in total. The second-order valence-corrected chi connectivity index (χ2v) is 13.8. The second kappa shape index (κ2) is 9.53. The molecule has 2 aromatic carbocycles. The van der Waals surface area contributed by atoms with Crippen LogP contribution < -0.4 is 9.62 Å². The van der Waals surface area contributed by atoms with Gasteiger partial charge in [0, 0.05) is 27.8 Å². The number of piperidine rings is 1. The summed E-state index contributed by atoms with van der Waals surface area (Å²) in [4.78, 5) is 14.2. The van der Waals surface area contributed by atoms with Gasteiger partial charge in [-0.05, 0) is 74.8 Å². The van der Waals surface area contributed by atoms with Crippen molar-refractivity contribution in [3.8, 4) is 0 Å². The van der Waals surface area contributed by atoms with E-state index in [0.717, 1.165) is 19.1 Å². The Labute approximate surface area is 214 Å². The highest BCUT2D eigenvalue weighted by molar-refractivity contribution is 7.92. The lowest BCUT2D eigenvalue weighted by molar-refractivity contribution is 0.0977. The Bertz CT molecular complexity index is 1390. The zero-order chi connectivity index (χ0) is 25.7. The predicted molar refractivity (Wildman–Crippen MR) is 134 cm³/mol. The van der Waals surface area contributed by atoms with Crippen molar-refractivity contribution in [2.45, 2.75) is 55.2 Å². The lowest BCUT2D eigenvalue weighted by Gasteiger charge is -2.39.